The summed E-state index contributed by atoms with van der Waals surface area (Å²) in [7, 11) is 0. The fourth-order valence-electron chi connectivity index (χ4n) is 2.13. The third-order valence-electron chi connectivity index (χ3n) is 3.13. The van der Waals surface area contributed by atoms with Crippen LogP contribution in [0.3, 0.4) is 0 Å². The van der Waals surface area contributed by atoms with Crippen molar-refractivity contribution >= 4 is 40.4 Å². The number of benzene rings is 1. The van der Waals surface area contributed by atoms with Crippen molar-refractivity contribution in [3.8, 4) is 5.75 Å². The second-order valence-electron chi connectivity index (χ2n) is 4.50. The van der Waals surface area contributed by atoms with Crippen LogP contribution < -0.4 is 0 Å². The van der Waals surface area contributed by atoms with Crippen LogP contribution in [-0.2, 0) is 20.8 Å². The number of carboxylic acid groups (broad SMARTS) is 1. The van der Waals surface area contributed by atoms with Gasteiger partial charge in [-0.05, 0) is 40.3 Å². The lowest BCUT2D eigenvalue weighted by atomic mass is 10.0. The number of rotatable bonds is 4. The molecule has 0 bridgehead atoms. The fraction of sp³-hybridized carbons (Fsp3) is 0.308. The minimum atomic E-state index is -1.21. The molecule has 1 saturated heterocycles. The van der Waals surface area contributed by atoms with Gasteiger partial charge in [0.25, 0.3) is 0 Å². The molecule has 1 aromatic rings. The maximum absolute atomic E-state index is 11.6. The number of aliphatic carboxylic acids is 1. The molecule has 2 rings (SSSR count). The SMILES string of the molecule is O=C(O)C(Cc1ccc(O)c(I)c1)N1C(=O)CCC1=O. The number of phenolic OH excluding ortho intramolecular Hbond substituents is 1. The monoisotopic (exact) mass is 389 g/mol. The highest BCUT2D eigenvalue weighted by molar-refractivity contribution is 14.1. The highest BCUT2D eigenvalue weighted by Crippen LogP contribution is 2.23. The summed E-state index contributed by atoms with van der Waals surface area (Å²) in [6.45, 7) is 0. The van der Waals surface area contributed by atoms with E-state index in [4.69, 9.17) is 0 Å². The second kappa shape index (κ2) is 5.78. The van der Waals surface area contributed by atoms with Crippen molar-refractivity contribution in [2.45, 2.75) is 25.3 Å². The van der Waals surface area contributed by atoms with Gasteiger partial charge in [-0.1, -0.05) is 6.07 Å². The van der Waals surface area contributed by atoms with Gasteiger partial charge >= 0.3 is 5.97 Å². The summed E-state index contributed by atoms with van der Waals surface area (Å²) < 4.78 is 0.586. The van der Waals surface area contributed by atoms with Crippen molar-refractivity contribution in [3.05, 3.63) is 27.3 Å². The number of carboxylic acids is 1. The predicted octanol–water partition coefficient (Wildman–Crippen LogP) is 1.14. The Hall–Kier alpha value is -1.64. The molecule has 1 unspecified atom stereocenters. The summed E-state index contributed by atoms with van der Waals surface area (Å²) in [5.41, 5.74) is 0.645. The van der Waals surface area contributed by atoms with Gasteiger partial charge in [0.1, 0.15) is 11.8 Å². The van der Waals surface area contributed by atoms with E-state index in [2.05, 4.69) is 0 Å². The number of imide groups is 1. The third kappa shape index (κ3) is 2.92. The number of hydrogen-bond donors (Lipinski definition) is 2. The van der Waals surface area contributed by atoms with E-state index in [0.29, 0.717) is 9.13 Å². The normalized spacial score (nSPS) is 16.6. The molecule has 0 saturated carbocycles. The van der Waals surface area contributed by atoms with Crippen molar-refractivity contribution < 1.29 is 24.6 Å². The fourth-order valence-corrected chi connectivity index (χ4v) is 2.71. The van der Waals surface area contributed by atoms with Crippen LogP contribution in [0.2, 0.25) is 0 Å². The smallest absolute Gasteiger partial charge is 0.327 e. The molecule has 1 fully saturated rings. The lowest BCUT2D eigenvalue weighted by molar-refractivity contribution is -0.154. The number of carbonyl (C=O) groups excluding carboxylic acids is 2. The summed E-state index contributed by atoms with van der Waals surface area (Å²) in [6, 6.07) is 3.48. The molecule has 0 radical (unpaired) electrons. The topological polar surface area (TPSA) is 94.9 Å². The molecule has 20 heavy (non-hydrogen) atoms. The quantitative estimate of drug-likeness (QED) is 0.595. The summed E-state index contributed by atoms with van der Waals surface area (Å²) in [5, 5.41) is 18.7. The molecule has 1 atom stereocenters. The number of phenols is 1. The second-order valence-corrected chi connectivity index (χ2v) is 5.66. The Kier molecular flexibility index (Phi) is 4.26. The summed E-state index contributed by atoms with van der Waals surface area (Å²) in [4.78, 5) is 35.5. The van der Waals surface area contributed by atoms with Crippen LogP contribution in [-0.4, -0.2) is 38.9 Å². The summed E-state index contributed by atoms with van der Waals surface area (Å²) in [6.07, 6.45) is 0.161. The molecule has 0 aromatic heterocycles. The Morgan fingerprint density at radius 2 is 1.90 bits per heavy atom. The van der Waals surface area contributed by atoms with Crippen LogP contribution in [0.4, 0.5) is 0 Å². The number of amides is 2. The van der Waals surface area contributed by atoms with Crippen molar-refractivity contribution in [2.75, 3.05) is 0 Å². The first kappa shape index (κ1) is 14.8. The summed E-state index contributed by atoms with van der Waals surface area (Å²) in [5.74, 6) is -2.00. The van der Waals surface area contributed by atoms with Gasteiger partial charge in [0.05, 0.1) is 3.57 Å². The van der Waals surface area contributed by atoms with Gasteiger partial charge in [-0.15, -0.1) is 0 Å². The Morgan fingerprint density at radius 1 is 1.30 bits per heavy atom. The lowest BCUT2D eigenvalue weighted by Gasteiger charge is -2.22. The lowest BCUT2D eigenvalue weighted by Crippen LogP contribution is -2.45. The van der Waals surface area contributed by atoms with Crippen molar-refractivity contribution in [3.63, 3.8) is 0 Å². The molecule has 0 spiro atoms. The molecule has 7 heteroatoms. The Labute approximate surface area is 128 Å². The maximum Gasteiger partial charge on any atom is 0.327 e. The van der Waals surface area contributed by atoms with Crippen molar-refractivity contribution in [1.82, 2.24) is 4.90 Å². The zero-order valence-electron chi connectivity index (χ0n) is 10.4. The van der Waals surface area contributed by atoms with Crippen LogP contribution in [0.15, 0.2) is 18.2 Å². The first-order valence-electron chi connectivity index (χ1n) is 5.95. The van der Waals surface area contributed by atoms with E-state index < -0.39 is 23.8 Å². The zero-order valence-corrected chi connectivity index (χ0v) is 12.5. The maximum atomic E-state index is 11.6. The van der Waals surface area contributed by atoms with Gasteiger partial charge < -0.3 is 10.2 Å². The average Bonchev–Trinajstić information content (AvgIpc) is 2.70. The first-order chi connectivity index (χ1) is 9.40. The third-order valence-corrected chi connectivity index (χ3v) is 3.99. The number of halogens is 1. The van der Waals surface area contributed by atoms with E-state index in [0.717, 1.165) is 4.90 Å². The highest BCUT2D eigenvalue weighted by atomic mass is 127. The van der Waals surface area contributed by atoms with Crippen LogP contribution in [0.25, 0.3) is 0 Å². The first-order valence-corrected chi connectivity index (χ1v) is 7.03. The van der Waals surface area contributed by atoms with Gasteiger partial charge in [-0.3, -0.25) is 14.5 Å². The van der Waals surface area contributed by atoms with Gasteiger partial charge in [0.2, 0.25) is 11.8 Å². The zero-order chi connectivity index (χ0) is 14.9. The van der Waals surface area contributed by atoms with E-state index in [9.17, 15) is 24.6 Å². The number of aromatic hydroxyl groups is 1. The van der Waals surface area contributed by atoms with Gasteiger partial charge in [-0.2, -0.15) is 0 Å². The number of carbonyl (C=O) groups is 3. The van der Waals surface area contributed by atoms with E-state index in [-0.39, 0.29) is 25.0 Å². The van der Waals surface area contributed by atoms with Crippen molar-refractivity contribution in [2.24, 2.45) is 0 Å². The van der Waals surface area contributed by atoms with Crippen LogP contribution in [0.1, 0.15) is 18.4 Å². The molecule has 106 valence electrons. The molecular formula is C13H12INO5. The standard InChI is InChI=1S/C13H12INO5/c14-8-5-7(1-2-10(8)16)6-9(13(19)20)15-11(17)3-4-12(15)18/h1-2,5,9,16H,3-4,6H2,(H,19,20). The molecule has 1 aliphatic rings. The van der Waals surface area contributed by atoms with Gasteiger partial charge in [0.15, 0.2) is 0 Å². The molecule has 1 aliphatic heterocycles. The average molecular weight is 389 g/mol. The van der Waals surface area contributed by atoms with Crippen LogP contribution in [0, 0.1) is 3.57 Å². The van der Waals surface area contributed by atoms with Crippen LogP contribution in [0.5, 0.6) is 5.75 Å². The molecule has 1 aromatic carbocycles. The minimum Gasteiger partial charge on any atom is -0.507 e. The van der Waals surface area contributed by atoms with Gasteiger partial charge in [0, 0.05) is 19.3 Å². The molecule has 0 aliphatic carbocycles. The minimum absolute atomic E-state index is 0.0308. The molecule has 6 nitrogen and oxygen atoms in total. The molecule has 1 heterocycles. The largest absolute Gasteiger partial charge is 0.507 e. The Balaban J connectivity index is 2.26. The van der Waals surface area contributed by atoms with E-state index >= 15 is 0 Å². The summed E-state index contributed by atoms with van der Waals surface area (Å²) >= 11 is 1.93. The van der Waals surface area contributed by atoms with E-state index in [1.54, 1.807) is 12.1 Å². The number of nitrogens with zero attached hydrogens (tertiary/aromatic N) is 1. The van der Waals surface area contributed by atoms with Crippen LogP contribution >= 0.6 is 22.6 Å². The number of hydrogen-bond acceptors (Lipinski definition) is 4. The Bertz CT molecular complexity index is 570. The highest BCUT2D eigenvalue weighted by Gasteiger charge is 2.38. The molecule has 2 N–H and O–H groups in total. The van der Waals surface area contributed by atoms with Crippen molar-refractivity contribution in [1.29, 1.82) is 0 Å². The van der Waals surface area contributed by atoms with E-state index in [1.807, 2.05) is 22.6 Å². The van der Waals surface area contributed by atoms with E-state index in [1.165, 1.54) is 6.07 Å². The van der Waals surface area contributed by atoms with Gasteiger partial charge in [-0.25, -0.2) is 4.79 Å². The number of likely N-dealkylation sites (tertiary alicyclic amines) is 1. The predicted molar refractivity (Wildman–Crippen MR) is 77.0 cm³/mol. The Morgan fingerprint density at radius 3 is 2.40 bits per heavy atom. The molecule has 2 amide bonds. The molecular weight excluding hydrogens is 377 g/mol.